The van der Waals surface area contributed by atoms with E-state index in [0.717, 1.165) is 0 Å². The number of nitrogens with two attached hydrogens (primary N) is 2. The Hall–Kier alpha value is -1.08. The maximum atomic E-state index is 12.0. The van der Waals surface area contributed by atoms with E-state index in [9.17, 15) is 14.7 Å². The van der Waals surface area contributed by atoms with Crippen LogP contribution in [-0.2, 0) is 9.59 Å². The van der Waals surface area contributed by atoms with Crippen molar-refractivity contribution in [3.8, 4) is 0 Å². The highest BCUT2D eigenvalue weighted by molar-refractivity contribution is 6.08. The van der Waals surface area contributed by atoms with Crippen LogP contribution in [0.15, 0.2) is 0 Å². The molecule has 106 valence electrons. The molecule has 3 atom stereocenters. The smallest absolute Gasteiger partial charge is 0.325 e. The molecule has 19 heavy (non-hydrogen) atoms. The molecule has 1 fully saturated rings. The largest absolute Gasteiger partial charge is 0.480 e. The van der Waals surface area contributed by atoms with Crippen LogP contribution in [0.5, 0.6) is 0 Å². The van der Waals surface area contributed by atoms with Crippen LogP contribution >= 0.6 is 0 Å². The van der Waals surface area contributed by atoms with Gasteiger partial charge in [0.05, 0.1) is 13.9 Å². The van der Waals surface area contributed by atoms with Crippen LogP contribution in [0.1, 0.15) is 26.2 Å². The minimum Gasteiger partial charge on any atom is -0.480 e. The first-order chi connectivity index (χ1) is 8.86. The third-order valence-corrected chi connectivity index (χ3v) is 3.85. The highest BCUT2D eigenvalue weighted by Gasteiger charge is 2.50. The number of hydrogen-bond acceptors (Lipinski definition) is 4. The molecular weight excluding hydrogens is 245 g/mol. The fourth-order valence-electron chi connectivity index (χ4n) is 2.47. The van der Waals surface area contributed by atoms with Gasteiger partial charge in [-0.2, -0.15) is 0 Å². The lowest BCUT2D eigenvalue weighted by Gasteiger charge is -2.25. The van der Waals surface area contributed by atoms with Crippen molar-refractivity contribution in [2.75, 3.05) is 13.1 Å². The summed E-state index contributed by atoms with van der Waals surface area (Å²) in [5, 5.41) is 9.31. The van der Waals surface area contributed by atoms with Crippen molar-refractivity contribution in [2.24, 2.45) is 17.4 Å². The number of aliphatic carboxylic acids is 1. The summed E-state index contributed by atoms with van der Waals surface area (Å²) in [4.78, 5) is 24.9. The summed E-state index contributed by atoms with van der Waals surface area (Å²) in [6.45, 7) is 2.18. The lowest BCUT2D eigenvalue weighted by atomic mass is 9.83. The number of carbonyl (C=O) groups is 2. The van der Waals surface area contributed by atoms with Crippen molar-refractivity contribution in [1.29, 1.82) is 0 Å². The molecule has 6 nitrogen and oxygen atoms in total. The van der Waals surface area contributed by atoms with Gasteiger partial charge in [0.1, 0.15) is 5.54 Å². The molecule has 0 unspecified atom stereocenters. The Morgan fingerprint density at radius 3 is 2.68 bits per heavy atom. The molecule has 0 spiro atoms. The maximum Gasteiger partial charge on any atom is 0.325 e. The second-order valence-corrected chi connectivity index (χ2v) is 5.21. The van der Waals surface area contributed by atoms with Gasteiger partial charge in [0.25, 0.3) is 0 Å². The van der Waals surface area contributed by atoms with E-state index in [0.29, 0.717) is 32.1 Å². The molecule has 1 rings (SSSR count). The summed E-state index contributed by atoms with van der Waals surface area (Å²) < 4.78 is 0. The van der Waals surface area contributed by atoms with Gasteiger partial charge in [-0.25, -0.2) is 0 Å². The van der Waals surface area contributed by atoms with E-state index >= 15 is 0 Å². The summed E-state index contributed by atoms with van der Waals surface area (Å²) in [6.07, 6.45) is 2.30. The third kappa shape index (κ3) is 3.28. The van der Waals surface area contributed by atoms with Gasteiger partial charge >= 0.3 is 5.97 Å². The van der Waals surface area contributed by atoms with E-state index in [1.165, 1.54) is 4.90 Å². The van der Waals surface area contributed by atoms with Crippen molar-refractivity contribution in [3.63, 3.8) is 0 Å². The fraction of sp³-hybridized carbons (Fsp3) is 0.833. The van der Waals surface area contributed by atoms with Gasteiger partial charge in [0.15, 0.2) is 0 Å². The van der Waals surface area contributed by atoms with Crippen LogP contribution < -0.4 is 11.5 Å². The molecule has 1 saturated heterocycles. The first-order valence-electron chi connectivity index (χ1n) is 6.63. The fourth-order valence-corrected chi connectivity index (χ4v) is 2.47. The molecule has 1 aliphatic heterocycles. The van der Waals surface area contributed by atoms with E-state index in [1.807, 2.05) is 6.92 Å². The van der Waals surface area contributed by atoms with Crippen LogP contribution in [0.25, 0.3) is 0 Å². The minimum absolute atomic E-state index is 0.0180. The zero-order chi connectivity index (χ0) is 14.6. The Morgan fingerprint density at radius 1 is 1.58 bits per heavy atom. The van der Waals surface area contributed by atoms with E-state index in [1.54, 1.807) is 0 Å². The quantitative estimate of drug-likeness (QED) is 0.553. The number of likely N-dealkylation sites (tertiary alicyclic amines) is 1. The molecule has 5 N–H and O–H groups in total. The third-order valence-electron chi connectivity index (χ3n) is 3.85. The van der Waals surface area contributed by atoms with Crippen molar-refractivity contribution in [1.82, 2.24) is 4.90 Å². The van der Waals surface area contributed by atoms with E-state index in [2.05, 4.69) is 0 Å². The number of rotatable bonds is 6. The highest BCUT2D eigenvalue weighted by atomic mass is 16.4. The van der Waals surface area contributed by atoms with Crippen LogP contribution in [0.2, 0.25) is 6.32 Å². The predicted octanol–water partition coefficient (Wildman–Crippen LogP) is -0.669. The molecule has 0 aliphatic carbocycles. The molecular formula is C12H22BN3O3. The minimum atomic E-state index is -1.39. The zero-order valence-corrected chi connectivity index (χ0v) is 11.3. The van der Waals surface area contributed by atoms with Gasteiger partial charge in [0, 0.05) is 19.0 Å². The van der Waals surface area contributed by atoms with Gasteiger partial charge in [-0.3, -0.25) is 9.59 Å². The molecule has 0 aromatic carbocycles. The molecule has 7 heteroatoms. The number of carboxylic acids is 1. The first kappa shape index (κ1) is 16.0. The van der Waals surface area contributed by atoms with Crippen LogP contribution in [-0.4, -0.2) is 54.4 Å². The topological polar surface area (TPSA) is 110 Å². The Kier molecular flexibility index (Phi) is 5.37. The molecule has 0 aromatic heterocycles. The van der Waals surface area contributed by atoms with Gasteiger partial charge in [0.2, 0.25) is 5.91 Å². The van der Waals surface area contributed by atoms with Gasteiger partial charge in [-0.15, -0.1) is 0 Å². The van der Waals surface area contributed by atoms with Gasteiger partial charge in [-0.1, -0.05) is 19.7 Å². The Morgan fingerprint density at radius 2 is 2.21 bits per heavy atom. The molecule has 0 saturated carbocycles. The average Bonchev–Trinajstić information content (AvgIpc) is 2.73. The predicted molar refractivity (Wildman–Crippen MR) is 72.7 cm³/mol. The van der Waals surface area contributed by atoms with Crippen molar-refractivity contribution in [2.45, 2.75) is 44.1 Å². The maximum absolute atomic E-state index is 12.0. The van der Waals surface area contributed by atoms with Crippen molar-refractivity contribution < 1.29 is 14.7 Å². The van der Waals surface area contributed by atoms with Crippen LogP contribution in [0, 0.1) is 5.92 Å². The summed E-state index contributed by atoms with van der Waals surface area (Å²) in [5.74, 6) is -1.58. The Bertz CT molecular complexity index is 353. The second-order valence-electron chi connectivity index (χ2n) is 5.21. The summed E-state index contributed by atoms with van der Waals surface area (Å²) in [5.41, 5.74) is 10.3. The van der Waals surface area contributed by atoms with Gasteiger partial charge in [-0.05, 0) is 12.8 Å². The van der Waals surface area contributed by atoms with E-state index < -0.39 is 17.6 Å². The van der Waals surface area contributed by atoms with E-state index in [4.69, 9.17) is 19.3 Å². The molecule has 1 heterocycles. The van der Waals surface area contributed by atoms with Crippen LogP contribution in [0.3, 0.4) is 0 Å². The number of carbonyl (C=O) groups excluding carboxylic acids is 1. The molecule has 0 bridgehead atoms. The highest BCUT2D eigenvalue weighted by Crippen LogP contribution is 2.30. The van der Waals surface area contributed by atoms with Gasteiger partial charge < -0.3 is 21.5 Å². The molecule has 2 radical (unpaired) electrons. The lowest BCUT2D eigenvalue weighted by Crippen LogP contribution is -2.55. The number of nitrogens with zero attached hydrogens (tertiary/aromatic N) is 1. The SMILES string of the molecule is [B]CCC[C@H]1CN(C(=O)[C@@H](N)CC)C[C@@]1(N)C(=O)O. The van der Waals surface area contributed by atoms with Crippen molar-refractivity contribution >= 4 is 19.7 Å². The molecule has 0 aromatic rings. The molecule has 1 aliphatic rings. The Balaban J connectivity index is 2.82. The van der Waals surface area contributed by atoms with E-state index in [-0.39, 0.29) is 18.4 Å². The Labute approximate surface area is 114 Å². The standard InChI is InChI=1S/C12H22BN3O3/c1-2-9(14)10(17)16-6-8(4-3-5-13)12(15,7-16)11(18)19/h8-9H,2-7,14-15H2,1H3,(H,18,19)/t8-,9-,12-/m0/s1. The zero-order valence-electron chi connectivity index (χ0n) is 11.3. The lowest BCUT2D eigenvalue weighted by molar-refractivity contribution is -0.144. The summed E-state index contributed by atoms with van der Waals surface area (Å²) >= 11 is 0. The average molecular weight is 267 g/mol. The summed E-state index contributed by atoms with van der Waals surface area (Å²) in [6, 6.07) is -0.591. The number of carboxylic acid groups (broad SMARTS) is 1. The van der Waals surface area contributed by atoms with Crippen molar-refractivity contribution in [3.05, 3.63) is 0 Å². The monoisotopic (exact) mass is 267 g/mol. The number of hydrogen-bond donors (Lipinski definition) is 3. The van der Waals surface area contributed by atoms with Crippen LogP contribution in [0.4, 0.5) is 0 Å². The molecule has 1 amide bonds. The first-order valence-corrected chi connectivity index (χ1v) is 6.63. The second kappa shape index (κ2) is 6.39. The normalized spacial score (nSPS) is 28.4. The summed E-state index contributed by atoms with van der Waals surface area (Å²) in [7, 11) is 5.45. The number of amides is 1.